The van der Waals surface area contributed by atoms with Crippen LogP contribution in [-0.4, -0.2) is 17.0 Å². The summed E-state index contributed by atoms with van der Waals surface area (Å²) in [6.45, 7) is 4.12. The van der Waals surface area contributed by atoms with Crippen molar-refractivity contribution in [2.24, 2.45) is 0 Å². The van der Waals surface area contributed by atoms with Gasteiger partial charge in [0, 0.05) is 16.7 Å². The smallest absolute Gasteiger partial charge is 0.0548 e. The number of nitrogens with one attached hydrogen (secondary N) is 1. The van der Waals surface area contributed by atoms with Crippen molar-refractivity contribution in [1.82, 2.24) is 5.32 Å². The standard InChI is InChI=1S/C17H21NOS/c1-13-7-6-9-15(11-13)20(19)12-17(18-3)16-10-5-4-8-14(16)2/h4-11,17-18H,12H2,1-3H3. The SMILES string of the molecule is CNC(CS(=O)c1cccc(C)c1)c1ccccc1C. The molecule has 0 aliphatic carbocycles. The second-order valence-electron chi connectivity index (χ2n) is 5.03. The lowest BCUT2D eigenvalue weighted by atomic mass is 10.0. The predicted molar refractivity (Wildman–Crippen MR) is 85.4 cm³/mol. The molecule has 0 bridgehead atoms. The molecule has 1 N–H and O–H groups in total. The van der Waals surface area contributed by atoms with E-state index in [1.54, 1.807) is 0 Å². The molecule has 0 heterocycles. The highest BCUT2D eigenvalue weighted by Crippen LogP contribution is 2.20. The van der Waals surface area contributed by atoms with Gasteiger partial charge in [0.15, 0.2) is 0 Å². The van der Waals surface area contributed by atoms with Gasteiger partial charge in [-0.2, -0.15) is 0 Å². The third-order valence-corrected chi connectivity index (χ3v) is 4.90. The van der Waals surface area contributed by atoms with Crippen molar-refractivity contribution in [2.45, 2.75) is 24.8 Å². The van der Waals surface area contributed by atoms with Gasteiger partial charge in [0.05, 0.1) is 10.8 Å². The topological polar surface area (TPSA) is 29.1 Å². The molecule has 2 aromatic rings. The van der Waals surface area contributed by atoms with Gasteiger partial charge < -0.3 is 5.32 Å². The Balaban J connectivity index is 2.19. The van der Waals surface area contributed by atoms with Gasteiger partial charge in [0.2, 0.25) is 0 Å². The zero-order chi connectivity index (χ0) is 14.5. The van der Waals surface area contributed by atoms with Crippen LogP contribution in [0.4, 0.5) is 0 Å². The van der Waals surface area contributed by atoms with Gasteiger partial charge in [-0.15, -0.1) is 0 Å². The largest absolute Gasteiger partial charge is 0.312 e. The van der Waals surface area contributed by atoms with Gasteiger partial charge in [-0.1, -0.05) is 36.4 Å². The summed E-state index contributed by atoms with van der Waals surface area (Å²) in [4.78, 5) is 0.902. The molecule has 2 atom stereocenters. The maximum Gasteiger partial charge on any atom is 0.0548 e. The third-order valence-electron chi connectivity index (χ3n) is 3.48. The van der Waals surface area contributed by atoms with Gasteiger partial charge in [-0.3, -0.25) is 4.21 Å². The summed E-state index contributed by atoms with van der Waals surface area (Å²) in [5.74, 6) is 0.588. The van der Waals surface area contributed by atoms with Gasteiger partial charge in [0.25, 0.3) is 0 Å². The lowest BCUT2D eigenvalue weighted by molar-refractivity contribution is 0.633. The molecule has 2 aromatic carbocycles. The van der Waals surface area contributed by atoms with E-state index in [9.17, 15) is 4.21 Å². The minimum absolute atomic E-state index is 0.109. The molecule has 0 aliphatic heterocycles. The minimum atomic E-state index is -0.995. The highest BCUT2D eigenvalue weighted by atomic mass is 32.2. The van der Waals surface area contributed by atoms with E-state index < -0.39 is 10.8 Å². The van der Waals surface area contributed by atoms with Crippen molar-refractivity contribution in [3.05, 3.63) is 65.2 Å². The first-order valence-corrected chi connectivity index (χ1v) is 8.11. The van der Waals surface area contributed by atoms with Gasteiger partial charge in [-0.05, 0) is 49.7 Å². The first-order valence-electron chi connectivity index (χ1n) is 6.79. The predicted octanol–water partition coefficient (Wildman–Crippen LogP) is 3.37. The molecular formula is C17H21NOS. The maximum absolute atomic E-state index is 12.5. The molecule has 2 rings (SSSR count). The first kappa shape index (κ1) is 14.9. The van der Waals surface area contributed by atoms with E-state index in [1.807, 2.05) is 50.4 Å². The lowest BCUT2D eigenvalue weighted by Gasteiger charge is -2.18. The second-order valence-corrected chi connectivity index (χ2v) is 6.52. The average Bonchev–Trinajstić information content (AvgIpc) is 2.45. The van der Waals surface area contributed by atoms with Crippen LogP contribution in [-0.2, 0) is 10.8 Å². The molecule has 0 amide bonds. The normalized spacial score (nSPS) is 13.9. The van der Waals surface area contributed by atoms with E-state index in [4.69, 9.17) is 0 Å². The monoisotopic (exact) mass is 287 g/mol. The summed E-state index contributed by atoms with van der Waals surface area (Å²) in [6.07, 6.45) is 0. The van der Waals surface area contributed by atoms with E-state index in [1.165, 1.54) is 11.1 Å². The number of aryl methyl sites for hydroxylation is 2. The fourth-order valence-corrected chi connectivity index (χ4v) is 3.70. The lowest BCUT2D eigenvalue weighted by Crippen LogP contribution is -2.23. The Bertz CT molecular complexity index is 609. The van der Waals surface area contributed by atoms with Crippen LogP contribution in [0.15, 0.2) is 53.4 Å². The van der Waals surface area contributed by atoms with Crippen molar-refractivity contribution in [2.75, 3.05) is 12.8 Å². The summed E-state index contributed by atoms with van der Waals surface area (Å²) in [6, 6.07) is 16.3. The average molecular weight is 287 g/mol. The quantitative estimate of drug-likeness (QED) is 0.913. The number of rotatable bonds is 5. The van der Waals surface area contributed by atoms with Crippen molar-refractivity contribution in [3.8, 4) is 0 Å². The molecule has 0 saturated heterocycles. The van der Waals surface area contributed by atoms with Crippen LogP contribution in [0.1, 0.15) is 22.7 Å². The molecule has 2 unspecified atom stereocenters. The van der Waals surface area contributed by atoms with E-state index >= 15 is 0 Å². The zero-order valence-electron chi connectivity index (χ0n) is 12.2. The van der Waals surface area contributed by atoms with Crippen molar-refractivity contribution < 1.29 is 4.21 Å². The van der Waals surface area contributed by atoms with E-state index in [-0.39, 0.29) is 6.04 Å². The number of benzene rings is 2. The molecule has 0 aromatic heterocycles. The van der Waals surface area contributed by atoms with Gasteiger partial charge in [-0.25, -0.2) is 0 Å². The number of hydrogen-bond acceptors (Lipinski definition) is 2. The Morgan fingerprint density at radius 3 is 2.50 bits per heavy atom. The summed E-state index contributed by atoms with van der Waals surface area (Å²) in [5, 5.41) is 3.28. The third kappa shape index (κ3) is 3.56. The van der Waals surface area contributed by atoms with E-state index in [0.717, 1.165) is 10.5 Å². The maximum atomic E-state index is 12.5. The van der Waals surface area contributed by atoms with Gasteiger partial charge in [0.1, 0.15) is 0 Å². The Kier molecular flexibility index (Phi) is 5.10. The van der Waals surface area contributed by atoms with Crippen LogP contribution in [0, 0.1) is 13.8 Å². The Hall–Kier alpha value is -1.45. The molecular weight excluding hydrogens is 266 g/mol. The zero-order valence-corrected chi connectivity index (χ0v) is 13.0. The molecule has 2 nitrogen and oxygen atoms in total. The second kappa shape index (κ2) is 6.82. The minimum Gasteiger partial charge on any atom is -0.312 e. The fourth-order valence-electron chi connectivity index (χ4n) is 2.31. The molecule has 106 valence electrons. The molecule has 0 aliphatic rings. The van der Waals surface area contributed by atoms with E-state index in [0.29, 0.717) is 5.75 Å². The van der Waals surface area contributed by atoms with Gasteiger partial charge >= 0.3 is 0 Å². The van der Waals surface area contributed by atoms with Crippen LogP contribution >= 0.6 is 0 Å². The first-order chi connectivity index (χ1) is 9.61. The Morgan fingerprint density at radius 1 is 1.10 bits per heavy atom. The van der Waals surface area contributed by atoms with Crippen LogP contribution < -0.4 is 5.32 Å². The van der Waals surface area contributed by atoms with E-state index in [2.05, 4.69) is 24.4 Å². The summed E-state index contributed by atoms with van der Waals surface area (Å²) < 4.78 is 12.5. The molecule has 0 radical (unpaired) electrons. The molecule has 0 spiro atoms. The van der Waals surface area contributed by atoms with Crippen molar-refractivity contribution >= 4 is 10.8 Å². The number of hydrogen-bond donors (Lipinski definition) is 1. The summed E-state index contributed by atoms with van der Waals surface area (Å²) >= 11 is 0. The molecule has 0 fully saturated rings. The van der Waals surface area contributed by atoms with Crippen molar-refractivity contribution in [3.63, 3.8) is 0 Å². The highest BCUT2D eigenvalue weighted by molar-refractivity contribution is 7.85. The Labute approximate surface area is 123 Å². The fraction of sp³-hybridized carbons (Fsp3) is 0.294. The summed E-state index contributed by atoms with van der Waals surface area (Å²) in [5.41, 5.74) is 3.59. The molecule has 20 heavy (non-hydrogen) atoms. The molecule has 0 saturated carbocycles. The van der Waals surface area contributed by atoms with Crippen LogP contribution in [0.25, 0.3) is 0 Å². The molecule has 3 heteroatoms. The van der Waals surface area contributed by atoms with Crippen molar-refractivity contribution in [1.29, 1.82) is 0 Å². The Morgan fingerprint density at radius 2 is 1.85 bits per heavy atom. The highest BCUT2D eigenvalue weighted by Gasteiger charge is 2.16. The van der Waals surface area contributed by atoms with Crippen LogP contribution in [0.3, 0.4) is 0 Å². The van der Waals surface area contributed by atoms with Crippen LogP contribution in [0.5, 0.6) is 0 Å². The van der Waals surface area contributed by atoms with Crippen LogP contribution in [0.2, 0.25) is 0 Å². The summed E-state index contributed by atoms with van der Waals surface area (Å²) in [7, 11) is 0.926.